The smallest absolute Gasteiger partial charge is 0.231 e. The number of thioether (sulfide) groups is 1. The molecule has 2 aromatic heterocycles. The van der Waals surface area contributed by atoms with E-state index in [4.69, 9.17) is 24.3 Å². The molecule has 2 aromatic carbocycles. The van der Waals surface area contributed by atoms with Crippen LogP contribution in [-0.4, -0.2) is 40.7 Å². The van der Waals surface area contributed by atoms with Gasteiger partial charge in [0.15, 0.2) is 23.0 Å². The average molecular weight is 489 g/mol. The van der Waals surface area contributed by atoms with Gasteiger partial charge in [-0.25, -0.2) is 9.50 Å². The molecule has 1 aliphatic carbocycles. The minimum absolute atomic E-state index is 0.176. The fourth-order valence-corrected chi connectivity index (χ4v) is 5.48. The van der Waals surface area contributed by atoms with Gasteiger partial charge in [0, 0.05) is 30.0 Å². The number of nitrogens with zero attached hydrogens (tertiary/aromatic N) is 3. The molecule has 0 fully saturated rings. The van der Waals surface area contributed by atoms with Gasteiger partial charge in [0.1, 0.15) is 10.8 Å². The molecular formula is C26H24N4O4S. The van der Waals surface area contributed by atoms with Crippen molar-refractivity contribution in [3.8, 4) is 28.5 Å². The number of hydrogen-bond donors (Lipinski definition) is 1. The Balaban J connectivity index is 1.57. The normalized spacial score (nSPS) is 13.5. The van der Waals surface area contributed by atoms with Crippen molar-refractivity contribution in [1.29, 1.82) is 0 Å². The molecule has 0 bridgehead atoms. The maximum absolute atomic E-state index is 12.1. The summed E-state index contributed by atoms with van der Waals surface area (Å²) in [7, 11) is 1.68. The van der Waals surface area contributed by atoms with Crippen LogP contribution < -0.4 is 19.5 Å². The number of nitrogens with one attached hydrogen (secondary N) is 1. The summed E-state index contributed by atoms with van der Waals surface area (Å²) >= 11 is 1.63. The number of methoxy groups -OCH3 is 1. The third kappa shape index (κ3) is 3.67. The molecule has 0 radical (unpaired) electrons. The fourth-order valence-electron chi connectivity index (χ4n) is 4.86. The molecule has 8 nitrogen and oxygen atoms in total. The molecule has 178 valence electrons. The minimum Gasteiger partial charge on any atom is -0.497 e. The monoisotopic (exact) mass is 488 g/mol. The first kappa shape index (κ1) is 21.8. The van der Waals surface area contributed by atoms with Gasteiger partial charge >= 0.3 is 0 Å². The highest BCUT2D eigenvalue weighted by atomic mass is 32.2. The van der Waals surface area contributed by atoms with E-state index in [1.807, 2.05) is 35.0 Å². The Morgan fingerprint density at radius 3 is 2.83 bits per heavy atom. The third-order valence-corrected chi connectivity index (χ3v) is 7.16. The van der Waals surface area contributed by atoms with E-state index in [9.17, 15) is 4.79 Å². The Morgan fingerprint density at radius 2 is 2.03 bits per heavy atom. The summed E-state index contributed by atoms with van der Waals surface area (Å²) in [5.74, 6) is 2.64. The van der Waals surface area contributed by atoms with Gasteiger partial charge in [-0.05, 0) is 60.6 Å². The van der Waals surface area contributed by atoms with Crippen LogP contribution in [0.15, 0.2) is 41.4 Å². The second-order valence-corrected chi connectivity index (χ2v) is 9.37. The molecule has 2 aliphatic rings. The fraction of sp³-hybridized carbons (Fsp3) is 0.269. The van der Waals surface area contributed by atoms with Gasteiger partial charge in [-0.15, -0.1) is 16.9 Å². The first-order valence-electron chi connectivity index (χ1n) is 11.4. The van der Waals surface area contributed by atoms with E-state index >= 15 is 0 Å². The number of carbonyl (C=O) groups is 1. The van der Waals surface area contributed by atoms with Crippen LogP contribution in [0.2, 0.25) is 0 Å². The molecule has 0 saturated carbocycles. The maximum Gasteiger partial charge on any atom is 0.231 e. The van der Waals surface area contributed by atoms with Crippen molar-refractivity contribution in [1.82, 2.24) is 14.6 Å². The van der Waals surface area contributed by atoms with Crippen molar-refractivity contribution in [2.45, 2.75) is 31.2 Å². The summed E-state index contributed by atoms with van der Waals surface area (Å²) < 4.78 is 18.4. The van der Waals surface area contributed by atoms with E-state index in [1.54, 1.807) is 18.9 Å². The minimum atomic E-state index is -0.176. The Labute approximate surface area is 206 Å². The Hall–Kier alpha value is -3.72. The highest BCUT2D eigenvalue weighted by Crippen LogP contribution is 2.41. The van der Waals surface area contributed by atoms with Gasteiger partial charge in [-0.2, -0.15) is 0 Å². The maximum atomic E-state index is 12.1. The Kier molecular flexibility index (Phi) is 5.29. The van der Waals surface area contributed by atoms with Crippen LogP contribution in [-0.2, 0) is 24.1 Å². The summed E-state index contributed by atoms with van der Waals surface area (Å²) in [6, 6.07) is 12.0. The molecule has 0 saturated heterocycles. The second kappa shape index (κ2) is 8.49. The number of fused-ring (bicyclic) bond motifs is 6. The Bertz CT molecular complexity index is 1500. The van der Waals surface area contributed by atoms with Crippen LogP contribution in [0.4, 0.5) is 5.82 Å². The first-order valence-corrected chi connectivity index (χ1v) is 12.6. The average Bonchev–Trinajstić information content (AvgIpc) is 3.46. The number of aryl methyl sites for hydroxylation is 1. The zero-order valence-corrected chi connectivity index (χ0v) is 20.5. The molecule has 1 amide bonds. The summed E-state index contributed by atoms with van der Waals surface area (Å²) in [6.45, 7) is 1.72. The summed E-state index contributed by atoms with van der Waals surface area (Å²) in [6.07, 6.45) is 4.35. The molecule has 0 unspecified atom stereocenters. The zero-order valence-electron chi connectivity index (χ0n) is 19.7. The van der Waals surface area contributed by atoms with Crippen molar-refractivity contribution in [2.24, 2.45) is 0 Å². The van der Waals surface area contributed by atoms with Gasteiger partial charge < -0.3 is 19.5 Å². The third-order valence-electron chi connectivity index (χ3n) is 6.44. The molecule has 0 atom stereocenters. The molecule has 1 aliphatic heterocycles. The van der Waals surface area contributed by atoms with Gasteiger partial charge in [0.25, 0.3) is 0 Å². The quantitative estimate of drug-likeness (QED) is 0.327. The SMILES string of the molecule is COc1ccc2c(c1)CCc1c(SC)nc3c(Cc4ccc5c(c4)OCO5)c(NC(C)=O)nn3c1-2. The van der Waals surface area contributed by atoms with Crippen LogP contribution in [0.5, 0.6) is 17.2 Å². The molecule has 4 aromatic rings. The number of amides is 1. The number of ether oxygens (including phenoxy) is 3. The van der Waals surface area contributed by atoms with Crippen LogP contribution in [0.3, 0.4) is 0 Å². The highest BCUT2D eigenvalue weighted by molar-refractivity contribution is 7.98. The predicted molar refractivity (Wildman–Crippen MR) is 134 cm³/mol. The lowest BCUT2D eigenvalue weighted by molar-refractivity contribution is -0.114. The van der Waals surface area contributed by atoms with E-state index in [0.717, 1.165) is 63.1 Å². The highest BCUT2D eigenvalue weighted by Gasteiger charge is 2.27. The molecule has 3 heterocycles. The van der Waals surface area contributed by atoms with Crippen LogP contribution >= 0.6 is 11.8 Å². The van der Waals surface area contributed by atoms with Crippen molar-refractivity contribution in [2.75, 3.05) is 25.5 Å². The van der Waals surface area contributed by atoms with Gasteiger partial charge in [0.05, 0.1) is 12.8 Å². The van der Waals surface area contributed by atoms with Crippen LogP contribution in [0, 0.1) is 0 Å². The van der Waals surface area contributed by atoms with Gasteiger partial charge in [0.2, 0.25) is 12.7 Å². The Morgan fingerprint density at radius 1 is 1.17 bits per heavy atom. The molecule has 0 spiro atoms. The zero-order chi connectivity index (χ0) is 24.1. The van der Waals surface area contributed by atoms with E-state index in [0.29, 0.717) is 12.2 Å². The lowest BCUT2D eigenvalue weighted by atomic mass is 9.89. The van der Waals surface area contributed by atoms with Gasteiger partial charge in [-0.1, -0.05) is 6.07 Å². The molecule has 35 heavy (non-hydrogen) atoms. The van der Waals surface area contributed by atoms with E-state index < -0.39 is 0 Å². The van der Waals surface area contributed by atoms with Crippen molar-refractivity contribution in [3.63, 3.8) is 0 Å². The van der Waals surface area contributed by atoms with E-state index in [1.165, 1.54) is 18.1 Å². The molecular weight excluding hydrogens is 464 g/mol. The van der Waals surface area contributed by atoms with Gasteiger partial charge in [-0.3, -0.25) is 4.79 Å². The predicted octanol–water partition coefficient (Wildman–Crippen LogP) is 4.50. The lowest BCUT2D eigenvalue weighted by Crippen LogP contribution is -2.12. The topological polar surface area (TPSA) is 87.0 Å². The number of rotatable bonds is 5. The standard InChI is InChI=1S/C26H24N4O4S/c1-14(31)27-24-20(10-15-4-9-21-22(11-15)34-13-33-21)25-28-26(35-3)19-7-5-16-12-17(32-2)6-8-18(16)23(19)30(25)29-24/h4,6,8-9,11-12H,5,7,10,13H2,1-3H3,(H,27,29,31). The van der Waals surface area contributed by atoms with Crippen LogP contribution in [0.1, 0.15) is 29.2 Å². The molecule has 6 rings (SSSR count). The van der Waals surface area contributed by atoms with E-state index in [-0.39, 0.29) is 12.7 Å². The van der Waals surface area contributed by atoms with E-state index in [2.05, 4.69) is 17.4 Å². The second-order valence-electron chi connectivity index (χ2n) is 8.58. The van der Waals surface area contributed by atoms with Crippen molar-refractivity contribution < 1.29 is 19.0 Å². The number of hydrogen-bond acceptors (Lipinski definition) is 7. The number of benzene rings is 2. The van der Waals surface area contributed by atoms with Crippen LogP contribution in [0.25, 0.3) is 16.9 Å². The first-order chi connectivity index (χ1) is 17.1. The number of carbonyl (C=O) groups excluding carboxylic acids is 1. The largest absolute Gasteiger partial charge is 0.497 e. The number of anilines is 1. The van der Waals surface area contributed by atoms with Crippen molar-refractivity contribution in [3.05, 3.63) is 58.7 Å². The lowest BCUT2D eigenvalue weighted by Gasteiger charge is -2.22. The van der Waals surface area contributed by atoms with Crippen molar-refractivity contribution >= 4 is 29.1 Å². The summed E-state index contributed by atoms with van der Waals surface area (Å²) in [5, 5.41) is 8.79. The summed E-state index contributed by atoms with van der Waals surface area (Å²) in [4.78, 5) is 17.1. The summed E-state index contributed by atoms with van der Waals surface area (Å²) in [5.41, 5.74) is 7.13. The molecule has 9 heteroatoms. The number of aromatic nitrogens is 3. The molecule has 1 N–H and O–H groups in total.